The molecule has 0 aliphatic carbocycles. The Morgan fingerprint density at radius 1 is 0.969 bits per heavy atom. The summed E-state index contributed by atoms with van der Waals surface area (Å²) < 4.78 is 6.77. The van der Waals surface area contributed by atoms with E-state index in [0.717, 1.165) is 26.7 Å². The molecule has 0 bridgehead atoms. The molecule has 2 amide bonds. The molecule has 4 rings (SSSR count). The molecule has 3 aromatic carbocycles. The summed E-state index contributed by atoms with van der Waals surface area (Å²) in [5, 5.41) is 0.959. The molecular formula is C23H13BrCl3NO3S. The zero-order valence-corrected chi connectivity index (χ0v) is 20.8. The van der Waals surface area contributed by atoms with Crippen LogP contribution in [0.25, 0.3) is 6.08 Å². The highest BCUT2D eigenvalue weighted by atomic mass is 79.9. The molecule has 32 heavy (non-hydrogen) atoms. The number of anilines is 1. The van der Waals surface area contributed by atoms with Gasteiger partial charge in [-0.1, -0.05) is 62.9 Å². The molecule has 0 aromatic heterocycles. The van der Waals surface area contributed by atoms with Gasteiger partial charge < -0.3 is 4.74 Å². The molecule has 4 nitrogen and oxygen atoms in total. The zero-order valence-electron chi connectivity index (χ0n) is 16.2. The van der Waals surface area contributed by atoms with Crippen LogP contribution < -0.4 is 9.64 Å². The number of carbonyl (C=O) groups is 2. The van der Waals surface area contributed by atoms with Gasteiger partial charge in [0.25, 0.3) is 11.1 Å². The van der Waals surface area contributed by atoms with Gasteiger partial charge in [-0.3, -0.25) is 9.59 Å². The normalized spacial score (nSPS) is 15.0. The van der Waals surface area contributed by atoms with Crippen molar-refractivity contribution >= 4 is 85.4 Å². The standard InChI is InChI=1S/C23H13BrCl3NO3S/c24-15-5-7-20(31-12-13-4-6-18(26)19(27)8-13)14(9-15)10-21-22(29)28(23(30)32-21)17-3-1-2-16(25)11-17/h1-11H,12H2/b21-10+. The molecule has 1 aliphatic rings. The topological polar surface area (TPSA) is 46.6 Å². The van der Waals surface area contributed by atoms with E-state index in [1.54, 1.807) is 48.5 Å². The minimum Gasteiger partial charge on any atom is -0.488 e. The first-order valence-electron chi connectivity index (χ1n) is 9.21. The molecule has 1 aliphatic heterocycles. The molecule has 0 N–H and O–H groups in total. The second-order valence-electron chi connectivity index (χ2n) is 6.72. The number of imide groups is 1. The number of amides is 2. The number of nitrogens with zero attached hydrogens (tertiary/aromatic N) is 1. The highest BCUT2D eigenvalue weighted by Crippen LogP contribution is 2.38. The SMILES string of the molecule is O=C1S/C(=C/c2cc(Br)ccc2OCc2ccc(Cl)c(Cl)c2)C(=O)N1c1cccc(Cl)c1. The average Bonchev–Trinajstić information content (AvgIpc) is 3.03. The van der Waals surface area contributed by atoms with E-state index in [1.807, 2.05) is 18.2 Å². The number of carbonyl (C=O) groups excluding carboxylic acids is 2. The van der Waals surface area contributed by atoms with E-state index in [4.69, 9.17) is 39.5 Å². The number of benzene rings is 3. The summed E-state index contributed by atoms with van der Waals surface area (Å²) in [6.07, 6.45) is 1.64. The van der Waals surface area contributed by atoms with Gasteiger partial charge in [0.15, 0.2) is 0 Å². The van der Waals surface area contributed by atoms with Crippen molar-refractivity contribution in [3.05, 3.63) is 96.2 Å². The van der Waals surface area contributed by atoms with Crippen LogP contribution >= 0.6 is 62.5 Å². The Bertz CT molecular complexity index is 1260. The fourth-order valence-corrected chi connectivity index (χ4v) is 4.72. The number of hydrogen-bond acceptors (Lipinski definition) is 4. The van der Waals surface area contributed by atoms with Crippen LogP contribution in [0.3, 0.4) is 0 Å². The van der Waals surface area contributed by atoms with Gasteiger partial charge in [0.05, 0.1) is 20.6 Å². The second kappa shape index (κ2) is 9.89. The molecule has 0 unspecified atom stereocenters. The summed E-state index contributed by atoms with van der Waals surface area (Å²) in [7, 11) is 0. The Labute approximate surface area is 212 Å². The largest absolute Gasteiger partial charge is 0.488 e. The van der Waals surface area contributed by atoms with Crippen molar-refractivity contribution in [1.82, 2.24) is 0 Å². The summed E-state index contributed by atoms with van der Waals surface area (Å²) in [5.41, 5.74) is 1.92. The van der Waals surface area contributed by atoms with E-state index in [9.17, 15) is 9.59 Å². The van der Waals surface area contributed by atoms with E-state index in [1.165, 1.54) is 0 Å². The first kappa shape index (κ1) is 23.2. The molecule has 0 radical (unpaired) electrons. The van der Waals surface area contributed by atoms with Gasteiger partial charge in [0.1, 0.15) is 12.4 Å². The lowest BCUT2D eigenvalue weighted by Crippen LogP contribution is -2.27. The van der Waals surface area contributed by atoms with E-state index >= 15 is 0 Å². The number of ether oxygens (including phenoxy) is 1. The van der Waals surface area contributed by atoms with Gasteiger partial charge in [-0.15, -0.1) is 0 Å². The lowest BCUT2D eigenvalue weighted by atomic mass is 10.1. The van der Waals surface area contributed by atoms with Crippen molar-refractivity contribution in [2.24, 2.45) is 0 Å². The number of rotatable bonds is 5. The number of hydrogen-bond donors (Lipinski definition) is 0. The first-order chi connectivity index (χ1) is 15.3. The van der Waals surface area contributed by atoms with Crippen molar-refractivity contribution in [1.29, 1.82) is 0 Å². The van der Waals surface area contributed by atoms with Crippen molar-refractivity contribution in [3.8, 4) is 5.75 Å². The fraction of sp³-hybridized carbons (Fsp3) is 0.0435. The average molecular weight is 570 g/mol. The molecule has 0 saturated carbocycles. The minimum atomic E-state index is -0.419. The fourth-order valence-electron chi connectivity index (χ4n) is 3.00. The maximum absolute atomic E-state index is 13.0. The Hall–Kier alpha value is -1.96. The van der Waals surface area contributed by atoms with Gasteiger partial charge in [-0.2, -0.15) is 0 Å². The third-order valence-corrected chi connectivity index (χ3v) is 6.83. The van der Waals surface area contributed by atoms with Gasteiger partial charge in [-0.05, 0) is 71.9 Å². The van der Waals surface area contributed by atoms with Crippen LogP contribution in [0.15, 0.2) is 70.0 Å². The van der Waals surface area contributed by atoms with Crippen molar-refractivity contribution in [2.45, 2.75) is 6.61 Å². The maximum Gasteiger partial charge on any atom is 0.298 e. The van der Waals surface area contributed by atoms with E-state index in [-0.39, 0.29) is 11.5 Å². The van der Waals surface area contributed by atoms with Gasteiger partial charge >= 0.3 is 0 Å². The van der Waals surface area contributed by atoms with Gasteiger partial charge in [0.2, 0.25) is 0 Å². The molecule has 0 spiro atoms. The van der Waals surface area contributed by atoms with Crippen LogP contribution in [0, 0.1) is 0 Å². The molecule has 162 valence electrons. The maximum atomic E-state index is 13.0. The Morgan fingerprint density at radius 3 is 2.53 bits per heavy atom. The van der Waals surface area contributed by atoms with E-state index in [0.29, 0.717) is 32.1 Å². The number of thioether (sulfide) groups is 1. The predicted molar refractivity (Wildman–Crippen MR) is 135 cm³/mol. The first-order valence-corrected chi connectivity index (χ1v) is 12.0. The molecule has 1 heterocycles. The summed E-state index contributed by atoms with van der Waals surface area (Å²) in [6.45, 7) is 0.253. The third kappa shape index (κ3) is 5.16. The Balaban J connectivity index is 1.60. The third-order valence-electron chi connectivity index (χ3n) is 4.50. The van der Waals surface area contributed by atoms with Crippen LogP contribution in [0.4, 0.5) is 10.5 Å². The summed E-state index contributed by atoms with van der Waals surface area (Å²) in [5.74, 6) is 0.131. The molecular weight excluding hydrogens is 557 g/mol. The summed E-state index contributed by atoms with van der Waals surface area (Å²) >= 11 is 22.4. The molecule has 3 aromatic rings. The monoisotopic (exact) mass is 567 g/mol. The van der Waals surface area contributed by atoms with E-state index in [2.05, 4.69) is 15.9 Å². The predicted octanol–water partition coefficient (Wildman–Crippen LogP) is 8.23. The lowest BCUT2D eigenvalue weighted by Gasteiger charge is -2.13. The number of halogens is 4. The molecule has 1 saturated heterocycles. The molecule has 9 heteroatoms. The Morgan fingerprint density at radius 2 is 1.78 bits per heavy atom. The van der Waals surface area contributed by atoms with E-state index < -0.39 is 11.1 Å². The minimum absolute atomic E-state index is 0.253. The van der Waals surface area contributed by atoms with Crippen LogP contribution in [0.5, 0.6) is 5.75 Å². The van der Waals surface area contributed by atoms with Crippen LogP contribution in [0.2, 0.25) is 15.1 Å². The highest BCUT2D eigenvalue weighted by molar-refractivity contribution is 9.10. The van der Waals surface area contributed by atoms with Gasteiger partial charge in [-0.25, -0.2) is 4.90 Å². The van der Waals surface area contributed by atoms with Crippen molar-refractivity contribution in [3.63, 3.8) is 0 Å². The quantitative estimate of drug-likeness (QED) is 0.291. The van der Waals surface area contributed by atoms with Crippen LogP contribution in [0.1, 0.15) is 11.1 Å². The van der Waals surface area contributed by atoms with Crippen LogP contribution in [-0.2, 0) is 11.4 Å². The summed E-state index contributed by atoms with van der Waals surface area (Å²) in [6, 6.07) is 17.3. The zero-order chi connectivity index (χ0) is 22.8. The summed E-state index contributed by atoms with van der Waals surface area (Å²) in [4.78, 5) is 26.9. The van der Waals surface area contributed by atoms with Crippen LogP contribution in [-0.4, -0.2) is 11.1 Å². The Kier molecular flexibility index (Phi) is 7.17. The molecule has 0 atom stereocenters. The second-order valence-corrected chi connectivity index (χ2v) is 9.88. The van der Waals surface area contributed by atoms with Crippen molar-refractivity contribution < 1.29 is 14.3 Å². The smallest absolute Gasteiger partial charge is 0.298 e. The lowest BCUT2D eigenvalue weighted by molar-refractivity contribution is -0.113. The van der Waals surface area contributed by atoms with Crippen molar-refractivity contribution in [2.75, 3.05) is 4.90 Å². The van der Waals surface area contributed by atoms with Gasteiger partial charge in [0, 0.05) is 15.1 Å². The molecule has 1 fully saturated rings. The highest BCUT2D eigenvalue weighted by Gasteiger charge is 2.36.